The van der Waals surface area contributed by atoms with Crippen molar-refractivity contribution in [1.29, 1.82) is 0 Å². The maximum atomic E-state index is 12.0. The fourth-order valence-corrected chi connectivity index (χ4v) is 2.11. The second-order valence-electron chi connectivity index (χ2n) is 4.85. The average molecular weight is 349 g/mol. The van der Waals surface area contributed by atoms with Crippen LogP contribution in [0, 0.1) is 0 Å². The molecule has 6 nitrogen and oxygen atoms in total. The zero-order chi connectivity index (χ0) is 17.5. The van der Waals surface area contributed by atoms with Gasteiger partial charge in [-0.3, -0.25) is 9.59 Å². The van der Waals surface area contributed by atoms with Crippen molar-refractivity contribution in [3.8, 4) is 11.5 Å². The third-order valence-electron chi connectivity index (χ3n) is 3.07. The van der Waals surface area contributed by atoms with E-state index in [1.54, 1.807) is 24.3 Å². The normalized spacial score (nSPS) is 10.1. The smallest absolute Gasteiger partial charge is 0.251 e. The standard InChI is InChI=1S/C17H17ClN2O4/c1-2-24-13-6-3-11(4-7-13)17(23)19-10-16(22)20-14-9-12(18)5-8-15(14)21/h3-9,21H,2,10H2,1H3,(H,19,23)(H,20,22). The van der Waals surface area contributed by atoms with Gasteiger partial charge >= 0.3 is 0 Å². The zero-order valence-electron chi connectivity index (χ0n) is 13.0. The van der Waals surface area contributed by atoms with E-state index in [0.717, 1.165) is 0 Å². The van der Waals surface area contributed by atoms with Crippen LogP contribution < -0.4 is 15.4 Å². The topological polar surface area (TPSA) is 87.7 Å². The van der Waals surface area contributed by atoms with E-state index < -0.39 is 5.91 Å². The number of anilines is 1. The average Bonchev–Trinajstić information content (AvgIpc) is 2.57. The summed E-state index contributed by atoms with van der Waals surface area (Å²) in [6.45, 7) is 2.18. The summed E-state index contributed by atoms with van der Waals surface area (Å²) in [6.07, 6.45) is 0. The van der Waals surface area contributed by atoms with Gasteiger partial charge in [-0.05, 0) is 49.4 Å². The Morgan fingerprint density at radius 3 is 2.54 bits per heavy atom. The molecule has 0 bridgehead atoms. The first kappa shape index (κ1) is 17.6. The fourth-order valence-electron chi connectivity index (χ4n) is 1.93. The van der Waals surface area contributed by atoms with Crippen molar-refractivity contribution in [2.24, 2.45) is 0 Å². The summed E-state index contributed by atoms with van der Waals surface area (Å²) < 4.78 is 5.30. The van der Waals surface area contributed by atoms with Crippen molar-refractivity contribution in [3.63, 3.8) is 0 Å². The molecule has 0 aromatic heterocycles. The molecule has 0 fully saturated rings. The van der Waals surface area contributed by atoms with E-state index in [1.165, 1.54) is 18.2 Å². The summed E-state index contributed by atoms with van der Waals surface area (Å²) in [5.41, 5.74) is 0.597. The maximum absolute atomic E-state index is 12.0. The lowest BCUT2D eigenvalue weighted by molar-refractivity contribution is -0.115. The molecule has 24 heavy (non-hydrogen) atoms. The molecule has 2 aromatic carbocycles. The van der Waals surface area contributed by atoms with Crippen molar-refractivity contribution in [2.75, 3.05) is 18.5 Å². The Hall–Kier alpha value is -2.73. The molecule has 0 atom stereocenters. The fraction of sp³-hybridized carbons (Fsp3) is 0.176. The summed E-state index contributed by atoms with van der Waals surface area (Å²) >= 11 is 5.80. The number of carbonyl (C=O) groups excluding carboxylic acids is 2. The van der Waals surface area contributed by atoms with Gasteiger partial charge < -0.3 is 20.5 Å². The number of halogens is 1. The Morgan fingerprint density at radius 2 is 1.88 bits per heavy atom. The Morgan fingerprint density at radius 1 is 1.17 bits per heavy atom. The van der Waals surface area contributed by atoms with Crippen molar-refractivity contribution in [3.05, 3.63) is 53.1 Å². The van der Waals surface area contributed by atoms with Gasteiger partial charge in [-0.1, -0.05) is 11.6 Å². The number of ether oxygens (including phenoxy) is 1. The highest BCUT2D eigenvalue weighted by molar-refractivity contribution is 6.31. The van der Waals surface area contributed by atoms with E-state index in [2.05, 4.69) is 10.6 Å². The number of phenolic OH excluding ortho intramolecular Hbond substituents is 1. The molecule has 0 radical (unpaired) electrons. The van der Waals surface area contributed by atoms with E-state index in [4.69, 9.17) is 16.3 Å². The molecule has 0 aliphatic carbocycles. The molecular formula is C17H17ClN2O4. The highest BCUT2D eigenvalue weighted by Gasteiger charge is 2.10. The van der Waals surface area contributed by atoms with Gasteiger partial charge in [0.15, 0.2) is 0 Å². The number of hydrogen-bond acceptors (Lipinski definition) is 4. The number of aromatic hydroxyl groups is 1. The molecule has 2 rings (SSSR count). The van der Waals surface area contributed by atoms with Crippen LogP contribution in [0.5, 0.6) is 11.5 Å². The maximum Gasteiger partial charge on any atom is 0.251 e. The minimum atomic E-state index is -0.480. The molecule has 0 aliphatic heterocycles. The molecule has 0 unspecified atom stereocenters. The number of nitrogens with one attached hydrogen (secondary N) is 2. The Bertz CT molecular complexity index is 732. The predicted molar refractivity (Wildman–Crippen MR) is 91.7 cm³/mol. The van der Waals surface area contributed by atoms with Crippen LogP contribution in [0.2, 0.25) is 5.02 Å². The molecule has 0 heterocycles. The highest BCUT2D eigenvalue weighted by Crippen LogP contribution is 2.26. The molecule has 2 amide bonds. The molecule has 3 N–H and O–H groups in total. The van der Waals surface area contributed by atoms with E-state index in [9.17, 15) is 14.7 Å². The van der Waals surface area contributed by atoms with Gasteiger partial charge in [-0.25, -0.2) is 0 Å². The molecule has 0 saturated carbocycles. The first-order valence-corrected chi connectivity index (χ1v) is 7.67. The lowest BCUT2D eigenvalue weighted by Gasteiger charge is -2.09. The van der Waals surface area contributed by atoms with Crippen LogP contribution in [0.15, 0.2) is 42.5 Å². The van der Waals surface area contributed by atoms with E-state index in [0.29, 0.717) is 22.9 Å². The summed E-state index contributed by atoms with van der Waals surface area (Å²) in [5, 5.41) is 15.0. The number of hydrogen-bond donors (Lipinski definition) is 3. The van der Waals surface area contributed by atoms with Crippen LogP contribution in [0.3, 0.4) is 0 Å². The monoisotopic (exact) mass is 348 g/mol. The largest absolute Gasteiger partial charge is 0.506 e. The van der Waals surface area contributed by atoms with Crippen molar-refractivity contribution < 1.29 is 19.4 Å². The minimum absolute atomic E-state index is 0.106. The number of benzene rings is 2. The van der Waals surface area contributed by atoms with Crippen LogP contribution in [0.1, 0.15) is 17.3 Å². The third kappa shape index (κ3) is 4.89. The van der Waals surface area contributed by atoms with E-state index in [-0.39, 0.29) is 23.9 Å². The third-order valence-corrected chi connectivity index (χ3v) is 3.30. The van der Waals surface area contributed by atoms with Gasteiger partial charge in [0.2, 0.25) is 5.91 Å². The number of amides is 2. The Kier molecular flexibility index (Phi) is 6.03. The predicted octanol–water partition coefficient (Wildman–Crippen LogP) is 2.81. The van der Waals surface area contributed by atoms with Gasteiger partial charge in [0, 0.05) is 10.6 Å². The number of rotatable bonds is 6. The number of phenols is 1. The first-order chi connectivity index (χ1) is 11.5. The molecule has 0 spiro atoms. The highest BCUT2D eigenvalue weighted by atomic mass is 35.5. The zero-order valence-corrected chi connectivity index (χ0v) is 13.8. The second-order valence-corrected chi connectivity index (χ2v) is 5.29. The van der Waals surface area contributed by atoms with Gasteiger partial charge in [0.05, 0.1) is 18.8 Å². The van der Waals surface area contributed by atoms with Gasteiger partial charge in [-0.15, -0.1) is 0 Å². The van der Waals surface area contributed by atoms with Crippen LogP contribution in [0.25, 0.3) is 0 Å². The molecule has 7 heteroatoms. The summed E-state index contributed by atoms with van der Waals surface area (Å²) in [7, 11) is 0. The molecule has 126 valence electrons. The lowest BCUT2D eigenvalue weighted by atomic mass is 10.2. The summed E-state index contributed by atoms with van der Waals surface area (Å²) in [5.74, 6) is -0.302. The Balaban J connectivity index is 1.88. The van der Waals surface area contributed by atoms with Gasteiger partial charge in [0.1, 0.15) is 11.5 Å². The van der Waals surface area contributed by atoms with Crippen LogP contribution >= 0.6 is 11.6 Å². The van der Waals surface area contributed by atoms with Crippen LogP contribution in [-0.4, -0.2) is 30.1 Å². The summed E-state index contributed by atoms with van der Waals surface area (Å²) in [4.78, 5) is 23.8. The van der Waals surface area contributed by atoms with Crippen molar-refractivity contribution in [2.45, 2.75) is 6.92 Å². The van der Waals surface area contributed by atoms with Crippen molar-refractivity contribution in [1.82, 2.24) is 5.32 Å². The lowest BCUT2D eigenvalue weighted by Crippen LogP contribution is -2.32. The molecule has 2 aromatic rings. The first-order valence-electron chi connectivity index (χ1n) is 7.29. The van der Waals surface area contributed by atoms with Crippen LogP contribution in [0.4, 0.5) is 5.69 Å². The van der Waals surface area contributed by atoms with E-state index >= 15 is 0 Å². The number of carbonyl (C=O) groups is 2. The minimum Gasteiger partial charge on any atom is -0.506 e. The van der Waals surface area contributed by atoms with Gasteiger partial charge in [0.25, 0.3) is 5.91 Å². The Labute approximate surface area is 144 Å². The molecule has 0 saturated heterocycles. The molecular weight excluding hydrogens is 332 g/mol. The van der Waals surface area contributed by atoms with E-state index in [1.807, 2.05) is 6.92 Å². The van der Waals surface area contributed by atoms with Crippen LogP contribution in [-0.2, 0) is 4.79 Å². The quantitative estimate of drug-likeness (QED) is 0.700. The van der Waals surface area contributed by atoms with Gasteiger partial charge in [-0.2, -0.15) is 0 Å². The molecule has 0 aliphatic rings. The van der Waals surface area contributed by atoms with Crippen molar-refractivity contribution >= 4 is 29.1 Å². The summed E-state index contributed by atoms with van der Waals surface area (Å²) in [6, 6.07) is 10.9. The second kappa shape index (κ2) is 8.21. The SMILES string of the molecule is CCOc1ccc(C(=O)NCC(=O)Nc2cc(Cl)ccc2O)cc1.